The summed E-state index contributed by atoms with van der Waals surface area (Å²) in [6.45, 7) is 6.19. The number of piperidine rings is 1. The number of anilines is 4. The van der Waals surface area contributed by atoms with Crippen molar-refractivity contribution in [3.63, 3.8) is 0 Å². The number of carbonyl (C=O) groups is 1. The second-order valence-corrected chi connectivity index (χ2v) is 10.5. The van der Waals surface area contributed by atoms with E-state index in [1.165, 1.54) is 63.1 Å². The Morgan fingerprint density at radius 3 is 2.51 bits per heavy atom. The normalized spacial score (nSPS) is 16.4. The van der Waals surface area contributed by atoms with Crippen LogP contribution in [0.1, 0.15) is 38.2 Å². The molecule has 0 unspecified atom stereocenters. The van der Waals surface area contributed by atoms with Gasteiger partial charge < -0.3 is 20.4 Å². The van der Waals surface area contributed by atoms with Crippen LogP contribution >= 0.6 is 11.8 Å². The van der Waals surface area contributed by atoms with Crippen molar-refractivity contribution in [2.45, 2.75) is 48.6 Å². The number of hydrogen-bond acceptors (Lipinski definition) is 8. The Morgan fingerprint density at radius 1 is 1.05 bits per heavy atom. The number of hydrogen-bond donors (Lipinski definition) is 2. The van der Waals surface area contributed by atoms with Gasteiger partial charge in [-0.05, 0) is 87.3 Å². The zero-order valence-corrected chi connectivity index (χ0v) is 21.8. The Labute approximate surface area is 222 Å². The van der Waals surface area contributed by atoms with E-state index in [0.29, 0.717) is 17.2 Å². The lowest BCUT2D eigenvalue weighted by Gasteiger charge is -2.37. The van der Waals surface area contributed by atoms with Crippen LogP contribution in [0.3, 0.4) is 0 Å². The van der Waals surface area contributed by atoms with Crippen molar-refractivity contribution in [2.75, 3.05) is 41.7 Å². The van der Waals surface area contributed by atoms with E-state index in [1.54, 1.807) is 18.3 Å². The highest BCUT2D eigenvalue weighted by molar-refractivity contribution is 7.99. The van der Waals surface area contributed by atoms with Crippen molar-refractivity contribution in [1.82, 2.24) is 14.9 Å². The third-order valence-electron chi connectivity index (χ3n) is 6.88. The Hall–Kier alpha value is -3.61. The molecule has 1 amide bonds. The first-order valence-corrected chi connectivity index (χ1v) is 13.6. The van der Waals surface area contributed by atoms with Crippen LogP contribution in [0.2, 0.25) is 0 Å². The summed E-state index contributed by atoms with van der Waals surface area (Å²) in [6, 6.07) is 18.5. The van der Waals surface area contributed by atoms with Crippen LogP contribution < -0.4 is 15.5 Å². The minimum atomic E-state index is -0.210. The molecule has 2 aromatic carbocycles. The molecule has 2 aliphatic heterocycles. The number of amides is 1. The summed E-state index contributed by atoms with van der Waals surface area (Å²) in [4.78, 5) is 26.4. The van der Waals surface area contributed by atoms with E-state index in [-0.39, 0.29) is 5.91 Å². The topological polar surface area (TPSA) is 97.2 Å². The molecule has 0 aliphatic carbocycles. The number of likely N-dealkylation sites (tertiary alicyclic amines) is 1. The molecular formula is C28H31N7OS. The third kappa shape index (κ3) is 6.40. The molecule has 2 aliphatic rings. The highest BCUT2D eigenvalue weighted by Gasteiger charge is 2.26. The third-order valence-corrected chi connectivity index (χ3v) is 7.81. The molecule has 9 heteroatoms. The van der Waals surface area contributed by atoms with Gasteiger partial charge >= 0.3 is 0 Å². The van der Waals surface area contributed by atoms with Crippen LogP contribution in [0, 0.1) is 11.3 Å². The van der Waals surface area contributed by atoms with Crippen LogP contribution in [0.5, 0.6) is 0 Å². The number of carbonyl (C=O) groups excluding carboxylic acids is 1. The predicted octanol–water partition coefficient (Wildman–Crippen LogP) is 5.27. The SMILES string of the molecule is CC(=O)Nc1ccc(Sc2ccnc(Nc3ccc(N4CCC(N5CCCC5)CC4)cc3)n2)cc1C#N. The summed E-state index contributed by atoms with van der Waals surface area (Å²) >= 11 is 1.43. The van der Waals surface area contributed by atoms with Gasteiger partial charge in [0.05, 0.1) is 11.3 Å². The highest BCUT2D eigenvalue weighted by Crippen LogP contribution is 2.30. The van der Waals surface area contributed by atoms with Gasteiger partial charge in [0.2, 0.25) is 11.9 Å². The van der Waals surface area contributed by atoms with Crippen molar-refractivity contribution in [3.05, 3.63) is 60.3 Å². The Balaban J connectivity index is 1.19. The van der Waals surface area contributed by atoms with E-state index in [1.807, 2.05) is 12.1 Å². The lowest BCUT2D eigenvalue weighted by atomic mass is 10.0. The molecule has 8 nitrogen and oxygen atoms in total. The van der Waals surface area contributed by atoms with E-state index in [2.05, 4.69) is 60.7 Å². The molecule has 37 heavy (non-hydrogen) atoms. The van der Waals surface area contributed by atoms with E-state index >= 15 is 0 Å². The lowest BCUT2D eigenvalue weighted by Crippen LogP contribution is -2.43. The van der Waals surface area contributed by atoms with E-state index in [4.69, 9.17) is 0 Å². The van der Waals surface area contributed by atoms with Gasteiger partial charge in [-0.2, -0.15) is 5.26 Å². The van der Waals surface area contributed by atoms with E-state index in [0.717, 1.165) is 34.7 Å². The van der Waals surface area contributed by atoms with Crippen molar-refractivity contribution in [3.8, 4) is 6.07 Å². The first-order chi connectivity index (χ1) is 18.1. The maximum Gasteiger partial charge on any atom is 0.228 e. The standard InChI is InChI=1S/C28H31N7OS/c1-20(36)31-26-9-8-25(18-21(26)19-29)37-27-10-13-30-28(33-27)32-22-4-6-23(7-5-22)35-16-11-24(12-17-35)34-14-2-3-15-34/h4-10,13,18,24H,2-3,11-12,14-17H2,1H3,(H,31,36)(H,30,32,33). The summed E-state index contributed by atoms with van der Waals surface area (Å²) in [5.41, 5.74) is 3.10. The number of nitriles is 1. The molecule has 0 bridgehead atoms. The van der Waals surface area contributed by atoms with Crippen molar-refractivity contribution < 1.29 is 4.79 Å². The largest absolute Gasteiger partial charge is 0.371 e. The molecular weight excluding hydrogens is 482 g/mol. The Kier molecular flexibility index (Phi) is 7.87. The van der Waals surface area contributed by atoms with Crippen molar-refractivity contribution >= 4 is 40.7 Å². The fraction of sp³-hybridized carbons (Fsp3) is 0.357. The predicted molar refractivity (Wildman–Crippen MR) is 147 cm³/mol. The lowest BCUT2D eigenvalue weighted by molar-refractivity contribution is -0.114. The molecule has 0 radical (unpaired) electrons. The molecule has 2 saturated heterocycles. The van der Waals surface area contributed by atoms with Gasteiger partial charge in [-0.15, -0.1) is 0 Å². The second-order valence-electron chi connectivity index (χ2n) is 9.45. The van der Waals surface area contributed by atoms with Gasteiger partial charge in [0.15, 0.2) is 0 Å². The first kappa shape index (κ1) is 25.1. The van der Waals surface area contributed by atoms with Gasteiger partial charge in [0.1, 0.15) is 11.1 Å². The van der Waals surface area contributed by atoms with E-state index in [9.17, 15) is 10.1 Å². The average Bonchev–Trinajstić information content (AvgIpc) is 3.45. The smallest absolute Gasteiger partial charge is 0.228 e. The molecule has 0 saturated carbocycles. The summed E-state index contributed by atoms with van der Waals surface area (Å²) in [6.07, 6.45) is 6.91. The van der Waals surface area contributed by atoms with Gasteiger partial charge in [-0.3, -0.25) is 4.79 Å². The quantitative estimate of drug-likeness (QED) is 0.413. The zero-order valence-electron chi connectivity index (χ0n) is 21.0. The summed E-state index contributed by atoms with van der Waals surface area (Å²) in [5, 5.41) is 16.2. The summed E-state index contributed by atoms with van der Waals surface area (Å²) in [5.74, 6) is 0.304. The number of nitrogens with one attached hydrogen (secondary N) is 2. The molecule has 5 rings (SSSR count). The average molecular weight is 514 g/mol. The summed E-state index contributed by atoms with van der Waals surface area (Å²) in [7, 11) is 0. The minimum absolute atomic E-state index is 0.210. The number of rotatable bonds is 7. The maximum atomic E-state index is 11.3. The maximum absolute atomic E-state index is 11.3. The molecule has 3 aromatic rings. The first-order valence-electron chi connectivity index (χ1n) is 12.8. The van der Waals surface area contributed by atoms with Crippen LogP contribution in [0.25, 0.3) is 0 Å². The van der Waals surface area contributed by atoms with Gasteiger partial charge in [-0.25, -0.2) is 9.97 Å². The van der Waals surface area contributed by atoms with E-state index < -0.39 is 0 Å². The number of nitrogens with zero attached hydrogens (tertiary/aromatic N) is 5. The molecule has 2 N–H and O–H groups in total. The summed E-state index contributed by atoms with van der Waals surface area (Å²) < 4.78 is 0. The molecule has 2 fully saturated rings. The molecule has 0 atom stereocenters. The zero-order chi connectivity index (χ0) is 25.6. The van der Waals surface area contributed by atoms with Crippen LogP contribution in [-0.2, 0) is 4.79 Å². The fourth-order valence-electron chi connectivity index (χ4n) is 5.04. The van der Waals surface area contributed by atoms with Gasteiger partial charge in [-0.1, -0.05) is 11.8 Å². The number of benzene rings is 2. The van der Waals surface area contributed by atoms with Crippen LogP contribution in [0.4, 0.5) is 23.0 Å². The second kappa shape index (κ2) is 11.6. The number of aromatic nitrogens is 2. The minimum Gasteiger partial charge on any atom is -0.371 e. The van der Waals surface area contributed by atoms with Crippen molar-refractivity contribution in [1.29, 1.82) is 5.26 Å². The fourth-order valence-corrected chi connectivity index (χ4v) is 5.85. The Bertz CT molecular complexity index is 1280. The molecule has 3 heterocycles. The van der Waals surface area contributed by atoms with Crippen LogP contribution in [-0.4, -0.2) is 53.0 Å². The monoisotopic (exact) mass is 513 g/mol. The van der Waals surface area contributed by atoms with Gasteiger partial charge in [0.25, 0.3) is 0 Å². The van der Waals surface area contributed by atoms with Crippen molar-refractivity contribution in [2.24, 2.45) is 0 Å². The molecule has 0 spiro atoms. The van der Waals surface area contributed by atoms with Gasteiger partial charge in [0, 0.05) is 48.5 Å². The highest BCUT2D eigenvalue weighted by atomic mass is 32.2. The van der Waals surface area contributed by atoms with Crippen LogP contribution in [0.15, 0.2) is 64.6 Å². The molecule has 190 valence electrons. The molecule has 1 aromatic heterocycles. The Morgan fingerprint density at radius 2 is 1.81 bits per heavy atom.